The zero-order valence-electron chi connectivity index (χ0n) is 13.5. The predicted molar refractivity (Wildman–Crippen MR) is 86.3 cm³/mol. The maximum atomic E-state index is 14.0. The molecule has 0 atom stereocenters. The van der Waals surface area contributed by atoms with Crippen LogP contribution in [0.2, 0.25) is 0 Å². The van der Waals surface area contributed by atoms with E-state index >= 15 is 0 Å². The first kappa shape index (κ1) is 17.7. The van der Waals surface area contributed by atoms with Crippen LogP contribution in [0, 0.1) is 23.3 Å². The van der Waals surface area contributed by atoms with Crippen LogP contribution in [0.5, 0.6) is 11.5 Å². The summed E-state index contributed by atoms with van der Waals surface area (Å²) in [5.74, 6) is -5.70. The topological polar surface area (TPSA) is 35.5 Å². The normalized spacial score (nSPS) is 10.8. The van der Waals surface area contributed by atoms with E-state index in [1.54, 1.807) is 6.92 Å². The molecule has 0 aliphatic heterocycles. The maximum absolute atomic E-state index is 14.0. The van der Waals surface area contributed by atoms with E-state index in [2.05, 4.69) is 0 Å². The van der Waals surface area contributed by atoms with E-state index < -0.39 is 34.8 Å². The lowest BCUT2D eigenvalue weighted by atomic mass is 10.1. The SMILES string of the molecule is CCOc1cc(F)c(C(=O)Oc2ccc3c(F)c(F)ccc3c2)c(F)c1. The minimum atomic E-state index is -1.26. The molecule has 0 aliphatic carbocycles. The van der Waals surface area contributed by atoms with E-state index in [4.69, 9.17) is 9.47 Å². The summed E-state index contributed by atoms with van der Waals surface area (Å²) in [5.41, 5.74) is -0.876. The molecule has 3 aromatic carbocycles. The average Bonchev–Trinajstić information content (AvgIpc) is 2.58. The van der Waals surface area contributed by atoms with Crippen molar-refractivity contribution in [3.63, 3.8) is 0 Å². The van der Waals surface area contributed by atoms with Crippen LogP contribution >= 0.6 is 0 Å². The van der Waals surface area contributed by atoms with Gasteiger partial charge in [-0.05, 0) is 36.6 Å². The number of benzene rings is 3. The molecule has 0 spiro atoms. The van der Waals surface area contributed by atoms with Gasteiger partial charge in [-0.1, -0.05) is 6.07 Å². The fourth-order valence-corrected chi connectivity index (χ4v) is 2.46. The molecule has 0 saturated heterocycles. The van der Waals surface area contributed by atoms with Gasteiger partial charge in [0.05, 0.1) is 6.61 Å². The highest BCUT2D eigenvalue weighted by Crippen LogP contribution is 2.27. The van der Waals surface area contributed by atoms with Gasteiger partial charge in [-0.3, -0.25) is 0 Å². The van der Waals surface area contributed by atoms with Crippen LogP contribution in [0.1, 0.15) is 17.3 Å². The van der Waals surface area contributed by atoms with Gasteiger partial charge < -0.3 is 9.47 Å². The molecular weight excluding hydrogens is 352 g/mol. The fraction of sp³-hybridized carbons (Fsp3) is 0.105. The maximum Gasteiger partial charge on any atom is 0.349 e. The number of rotatable bonds is 4. The highest BCUT2D eigenvalue weighted by atomic mass is 19.2. The molecule has 0 saturated carbocycles. The Hall–Kier alpha value is -3.09. The van der Waals surface area contributed by atoms with Crippen LogP contribution in [0.15, 0.2) is 42.5 Å². The van der Waals surface area contributed by atoms with Gasteiger partial charge in [0.25, 0.3) is 0 Å². The van der Waals surface area contributed by atoms with Crippen molar-refractivity contribution in [2.75, 3.05) is 6.61 Å². The predicted octanol–water partition coefficient (Wildman–Crippen LogP) is 5.01. The van der Waals surface area contributed by atoms with Gasteiger partial charge in [0.2, 0.25) is 0 Å². The van der Waals surface area contributed by atoms with Crippen LogP contribution in [0.4, 0.5) is 17.6 Å². The molecule has 3 aromatic rings. The van der Waals surface area contributed by atoms with Gasteiger partial charge in [0.15, 0.2) is 11.6 Å². The van der Waals surface area contributed by atoms with Crippen LogP contribution in [-0.4, -0.2) is 12.6 Å². The number of ether oxygens (including phenoxy) is 2. The molecule has 3 rings (SSSR count). The standard InChI is InChI=1S/C19H12F4O3/c1-2-25-12-8-15(21)17(16(22)9-12)19(24)26-11-4-5-13-10(7-11)3-6-14(20)18(13)23/h3-9H,2H2,1H3. The Balaban J connectivity index is 1.91. The third-order valence-electron chi connectivity index (χ3n) is 3.62. The molecule has 0 heterocycles. The number of carbonyl (C=O) groups excluding carboxylic acids is 1. The second-order valence-corrected chi connectivity index (χ2v) is 5.33. The van der Waals surface area contributed by atoms with E-state index in [0.717, 1.165) is 18.2 Å². The first-order chi connectivity index (χ1) is 12.4. The fourth-order valence-electron chi connectivity index (χ4n) is 2.46. The van der Waals surface area contributed by atoms with Crippen LogP contribution in [-0.2, 0) is 0 Å². The second-order valence-electron chi connectivity index (χ2n) is 5.33. The first-order valence-electron chi connectivity index (χ1n) is 7.62. The summed E-state index contributed by atoms with van der Waals surface area (Å²) in [5, 5.41) is 0.255. The molecule has 0 aliphatic rings. The molecule has 0 unspecified atom stereocenters. The van der Waals surface area contributed by atoms with Crippen molar-refractivity contribution in [3.8, 4) is 11.5 Å². The average molecular weight is 364 g/mol. The third kappa shape index (κ3) is 3.33. The first-order valence-corrected chi connectivity index (χ1v) is 7.62. The number of esters is 1. The Morgan fingerprint density at radius 3 is 2.23 bits per heavy atom. The number of fused-ring (bicyclic) bond motifs is 1. The summed E-state index contributed by atoms with van der Waals surface area (Å²) in [6, 6.07) is 7.65. The van der Waals surface area contributed by atoms with Crippen molar-refractivity contribution >= 4 is 16.7 Å². The van der Waals surface area contributed by atoms with Crippen molar-refractivity contribution in [1.82, 2.24) is 0 Å². The molecule has 0 amide bonds. The largest absolute Gasteiger partial charge is 0.494 e. The summed E-state index contributed by atoms with van der Waals surface area (Å²) in [7, 11) is 0. The molecule has 0 radical (unpaired) electrons. The molecule has 0 bridgehead atoms. The van der Waals surface area contributed by atoms with Crippen molar-refractivity contribution in [2.24, 2.45) is 0 Å². The quantitative estimate of drug-likeness (QED) is 0.371. The smallest absolute Gasteiger partial charge is 0.349 e. The number of halogens is 4. The van der Waals surface area contributed by atoms with Gasteiger partial charge >= 0.3 is 5.97 Å². The molecule has 0 fully saturated rings. The van der Waals surface area contributed by atoms with Crippen molar-refractivity contribution in [1.29, 1.82) is 0 Å². The van der Waals surface area contributed by atoms with E-state index in [1.807, 2.05) is 0 Å². The minimum Gasteiger partial charge on any atom is -0.494 e. The van der Waals surface area contributed by atoms with E-state index in [1.165, 1.54) is 24.3 Å². The molecule has 0 aromatic heterocycles. The molecule has 134 valence electrons. The summed E-state index contributed by atoms with van der Waals surface area (Å²) in [6.07, 6.45) is 0. The Morgan fingerprint density at radius 1 is 0.885 bits per heavy atom. The number of hydrogen-bond donors (Lipinski definition) is 0. The lowest BCUT2D eigenvalue weighted by molar-refractivity contribution is 0.0724. The monoisotopic (exact) mass is 364 g/mol. The zero-order chi connectivity index (χ0) is 18.8. The summed E-state index contributed by atoms with van der Waals surface area (Å²) in [6.45, 7) is 1.85. The second kappa shape index (κ2) is 7.03. The Morgan fingerprint density at radius 2 is 1.58 bits per heavy atom. The van der Waals surface area contributed by atoms with Crippen LogP contribution in [0.3, 0.4) is 0 Å². The minimum absolute atomic E-state index is 0.0109. The van der Waals surface area contributed by atoms with Crippen molar-refractivity contribution in [3.05, 3.63) is 71.3 Å². The van der Waals surface area contributed by atoms with Crippen LogP contribution < -0.4 is 9.47 Å². The number of hydrogen-bond acceptors (Lipinski definition) is 3. The molecular formula is C19H12F4O3. The van der Waals surface area contributed by atoms with Gasteiger partial charge in [0, 0.05) is 17.5 Å². The lowest BCUT2D eigenvalue weighted by Gasteiger charge is -2.09. The molecule has 26 heavy (non-hydrogen) atoms. The van der Waals surface area contributed by atoms with Gasteiger partial charge in [-0.2, -0.15) is 0 Å². The van der Waals surface area contributed by atoms with Gasteiger partial charge in [0.1, 0.15) is 28.7 Å². The summed E-state index contributed by atoms with van der Waals surface area (Å²) >= 11 is 0. The lowest BCUT2D eigenvalue weighted by Crippen LogP contribution is -2.13. The summed E-state index contributed by atoms with van der Waals surface area (Å²) in [4.78, 5) is 12.1. The molecule has 3 nitrogen and oxygen atoms in total. The highest BCUT2D eigenvalue weighted by Gasteiger charge is 2.21. The van der Waals surface area contributed by atoms with Crippen molar-refractivity contribution < 1.29 is 31.8 Å². The van der Waals surface area contributed by atoms with E-state index in [0.29, 0.717) is 0 Å². The van der Waals surface area contributed by atoms with E-state index in [9.17, 15) is 22.4 Å². The molecule has 7 heteroatoms. The summed E-state index contributed by atoms with van der Waals surface area (Å²) < 4.78 is 64.9. The third-order valence-corrected chi connectivity index (χ3v) is 3.62. The van der Waals surface area contributed by atoms with Gasteiger partial charge in [-0.15, -0.1) is 0 Å². The zero-order valence-corrected chi connectivity index (χ0v) is 13.5. The number of carbonyl (C=O) groups is 1. The Labute approximate surface area is 145 Å². The van der Waals surface area contributed by atoms with E-state index in [-0.39, 0.29) is 28.9 Å². The van der Waals surface area contributed by atoms with Gasteiger partial charge in [-0.25, -0.2) is 22.4 Å². The Bertz CT molecular complexity index is 978. The molecule has 0 N–H and O–H groups in total. The Kier molecular flexibility index (Phi) is 4.79. The van der Waals surface area contributed by atoms with Crippen molar-refractivity contribution in [2.45, 2.75) is 6.92 Å². The highest BCUT2D eigenvalue weighted by molar-refractivity contribution is 5.93. The van der Waals surface area contributed by atoms with Crippen LogP contribution in [0.25, 0.3) is 10.8 Å².